The molecule has 0 bridgehead atoms. The molecule has 0 heteroatoms. The Labute approximate surface area is 145 Å². The molecule has 2 atom stereocenters. The summed E-state index contributed by atoms with van der Waals surface area (Å²) in [6.07, 6.45) is 9.57. The van der Waals surface area contributed by atoms with E-state index in [-0.39, 0.29) is 0 Å². The van der Waals surface area contributed by atoms with Crippen LogP contribution in [0.2, 0.25) is 0 Å². The molecule has 0 saturated heterocycles. The molecule has 24 heavy (non-hydrogen) atoms. The zero-order valence-corrected chi connectivity index (χ0v) is 15.4. The van der Waals surface area contributed by atoms with Gasteiger partial charge in [-0.05, 0) is 78.1 Å². The third-order valence-electron chi connectivity index (χ3n) is 6.19. The Bertz CT molecular complexity index is 806. The Morgan fingerprint density at radius 2 is 1.00 bits per heavy atom. The topological polar surface area (TPSA) is 0 Å². The van der Waals surface area contributed by atoms with Gasteiger partial charge in [-0.3, -0.25) is 0 Å². The second-order valence-electron chi connectivity index (χ2n) is 7.68. The highest BCUT2D eigenvalue weighted by Gasteiger charge is 2.33. The summed E-state index contributed by atoms with van der Waals surface area (Å²) in [7, 11) is 0. The van der Waals surface area contributed by atoms with E-state index < -0.39 is 0 Å². The molecule has 0 amide bonds. The Kier molecular flexibility index (Phi) is 3.53. The molecule has 2 unspecified atom stereocenters. The first-order valence-corrected chi connectivity index (χ1v) is 9.05. The van der Waals surface area contributed by atoms with E-state index in [2.05, 4.69) is 83.2 Å². The molecule has 0 spiro atoms. The van der Waals surface area contributed by atoms with Crippen LogP contribution in [0.4, 0.5) is 0 Å². The van der Waals surface area contributed by atoms with E-state index in [1.807, 2.05) is 0 Å². The minimum absolute atomic E-state index is 0.514. The molecular formula is C24H26. The van der Waals surface area contributed by atoms with E-state index >= 15 is 0 Å². The second kappa shape index (κ2) is 5.48. The monoisotopic (exact) mass is 314 g/mol. The fraction of sp³-hybridized carbons (Fsp3) is 0.333. The number of allylic oxidation sites excluding steroid dienone is 2. The van der Waals surface area contributed by atoms with Gasteiger partial charge in [0.25, 0.3) is 0 Å². The standard InChI is InChI=1S/C24H26/c1-14-6-8-16(3)23-19(14)10-12-21(23)18(5)22-13-11-20-15(2)7-9-17(4)24(20)22/h6-13,18,21-22H,1-5H3. The fourth-order valence-corrected chi connectivity index (χ4v) is 4.73. The van der Waals surface area contributed by atoms with E-state index in [1.165, 1.54) is 33.4 Å². The summed E-state index contributed by atoms with van der Waals surface area (Å²) >= 11 is 0. The Hall–Kier alpha value is -2.08. The van der Waals surface area contributed by atoms with Gasteiger partial charge in [0.15, 0.2) is 0 Å². The van der Waals surface area contributed by atoms with Crippen molar-refractivity contribution in [2.45, 2.75) is 46.5 Å². The number of hydrogen-bond acceptors (Lipinski definition) is 0. The Balaban J connectivity index is 1.77. The summed E-state index contributed by atoms with van der Waals surface area (Å²) in [5, 5.41) is 0. The molecule has 4 rings (SSSR count). The predicted octanol–water partition coefficient (Wildman–Crippen LogP) is 6.48. The van der Waals surface area contributed by atoms with Gasteiger partial charge in [0, 0.05) is 11.8 Å². The zero-order chi connectivity index (χ0) is 17.0. The van der Waals surface area contributed by atoms with Crippen LogP contribution in [0, 0.1) is 33.6 Å². The smallest absolute Gasteiger partial charge is 0.00644 e. The lowest BCUT2D eigenvalue weighted by Gasteiger charge is -2.28. The van der Waals surface area contributed by atoms with Gasteiger partial charge in [-0.2, -0.15) is 0 Å². The van der Waals surface area contributed by atoms with E-state index in [0.717, 1.165) is 0 Å². The van der Waals surface area contributed by atoms with Crippen LogP contribution in [-0.4, -0.2) is 0 Å². The molecule has 0 saturated carbocycles. The lowest BCUT2D eigenvalue weighted by molar-refractivity contribution is 0.479. The van der Waals surface area contributed by atoms with E-state index in [4.69, 9.17) is 0 Å². The van der Waals surface area contributed by atoms with Gasteiger partial charge < -0.3 is 0 Å². The van der Waals surface area contributed by atoms with Crippen molar-refractivity contribution in [2.24, 2.45) is 5.92 Å². The third-order valence-corrected chi connectivity index (χ3v) is 6.19. The maximum Gasteiger partial charge on any atom is 0.00644 e. The van der Waals surface area contributed by atoms with Crippen molar-refractivity contribution in [3.63, 3.8) is 0 Å². The minimum Gasteiger partial charge on any atom is -0.0761 e. The molecule has 0 N–H and O–H groups in total. The van der Waals surface area contributed by atoms with Crippen molar-refractivity contribution in [2.75, 3.05) is 0 Å². The Morgan fingerprint density at radius 3 is 1.42 bits per heavy atom. The van der Waals surface area contributed by atoms with E-state index in [0.29, 0.717) is 17.8 Å². The van der Waals surface area contributed by atoms with E-state index in [9.17, 15) is 0 Å². The summed E-state index contributed by atoms with van der Waals surface area (Å²) in [6, 6.07) is 9.08. The Morgan fingerprint density at radius 1 is 0.625 bits per heavy atom. The molecule has 0 aliphatic heterocycles. The lowest BCUT2D eigenvalue weighted by atomic mass is 9.75. The second-order valence-corrected chi connectivity index (χ2v) is 7.68. The number of hydrogen-bond donors (Lipinski definition) is 0. The van der Waals surface area contributed by atoms with Crippen molar-refractivity contribution in [1.29, 1.82) is 0 Å². The zero-order valence-electron chi connectivity index (χ0n) is 15.4. The first-order chi connectivity index (χ1) is 11.5. The first kappa shape index (κ1) is 15.4. The number of rotatable bonds is 2. The summed E-state index contributed by atoms with van der Waals surface area (Å²) in [6.45, 7) is 11.4. The summed E-state index contributed by atoms with van der Waals surface area (Å²) in [5.41, 5.74) is 11.7. The highest BCUT2D eigenvalue weighted by atomic mass is 14.4. The number of aryl methyl sites for hydroxylation is 4. The molecule has 2 aromatic carbocycles. The molecular weight excluding hydrogens is 288 g/mol. The van der Waals surface area contributed by atoms with Gasteiger partial charge in [0.2, 0.25) is 0 Å². The quantitative estimate of drug-likeness (QED) is 0.595. The van der Waals surface area contributed by atoms with Gasteiger partial charge in [-0.1, -0.05) is 55.5 Å². The average Bonchev–Trinajstić information content (AvgIpc) is 3.19. The summed E-state index contributed by atoms with van der Waals surface area (Å²) < 4.78 is 0. The minimum atomic E-state index is 0.514. The van der Waals surface area contributed by atoms with Gasteiger partial charge >= 0.3 is 0 Å². The molecule has 0 radical (unpaired) electrons. The first-order valence-electron chi connectivity index (χ1n) is 9.05. The molecule has 0 fully saturated rings. The van der Waals surface area contributed by atoms with Crippen LogP contribution >= 0.6 is 0 Å². The predicted molar refractivity (Wildman–Crippen MR) is 105 cm³/mol. The van der Waals surface area contributed by atoms with Crippen LogP contribution in [0.3, 0.4) is 0 Å². The average molecular weight is 314 g/mol. The maximum absolute atomic E-state index is 2.44. The highest BCUT2D eigenvalue weighted by molar-refractivity contribution is 5.70. The van der Waals surface area contributed by atoms with Crippen LogP contribution in [-0.2, 0) is 0 Å². The van der Waals surface area contributed by atoms with Gasteiger partial charge in [0.1, 0.15) is 0 Å². The van der Waals surface area contributed by atoms with Gasteiger partial charge in [-0.15, -0.1) is 0 Å². The van der Waals surface area contributed by atoms with Crippen molar-refractivity contribution in [1.82, 2.24) is 0 Å². The van der Waals surface area contributed by atoms with Crippen LogP contribution in [0.5, 0.6) is 0 Å². The number of fused-ring (bicyclic) bond motifs is 2. The SMILES string of the molecule is Cc1ccc(C)c2c1C=CC2C(C)C1C=Cc2c(C)ccc(C)c21. The molecule has 2 aromatic rings. The van der Waals surface area contributed by atoms with Crippen LogP contribution < -0.4 is 0 Å². The normalized spacial score (nSPS) is 21.9. The van der Waals surface area contributed by atoms with Crippen molar-refractivity contribution >= 4 is 12.2 Å². The van der Waals surface area contributed by atoms with Crippen molar-refractivity contribution < 1.29 is 0 Å². The molecule has 0 nitrogen and oxygen atoms in total. The van der Waals surface area contributed by atoms with Crippen molar-refractivity contribution in [3.8, 4) is 0 Å². The third kappa shape index (κ3) is 2.13. The maximum atomic E-state index is 2.44. The molecule has 122 valence electrons. The van der Waals surface area contributed by atoms with Gasteiger partial charge in [-0.25, -0.2) is 0 Å². The molecule has 2 aliphatic carbocycles. The van der Waals surface area contributed by atoms with Crippen molar-refractivity contribution in [3.05, 3.63) is 80.9 Å². The molecule has 0 aromatic heterocycles. The highest BCUT2D eigenvalue weighted by Crippen LogP contribution is 2.48. The summed E-state index contributed by atoms with van der Waals surface area (Å²) in [5.74, 6) is 1.60. The lowest BCUT2D eigenvalue weighted by Crippen LogP contribution is -2.16. The molecule has 2 aliphatic rings. The summed E-state index contributed by atoms with van der Waals surface area (Å²) in [4.78, 5) is 0. The largest absolute Gasteiger partial charge is 0.0761 e. The van der Waals surface area contributed by atoms with Crippen LogP contribution in [0.15, 0.2) is 36.4 Å². The van der Waals surface area contributed by atoms with E-state index in [1.54, 1.807) is 11.1 Å². The number of benzene rings is 2. The molecule has 0 heterocycles. The fourth-order valence-electron chi connectivity index (χ4n) is 4.73. The van der Waals surface area contributed by atoms with Gasteiger partial charge in [0.05, 0.1) is 0 Å². The van der Waals surface area contributed by atoms with Crippen LogP contribution in [0.25, 0.3) is 12.2 Å². The van der Waals surface area contributed by atoms with Crippen LogP contribution in [0.1, 0.15) is 63.3 Å².